The van der Waals surface area contributed by atoms with E-state index in [1.165, 1.54) is 7.11 Å². The van der Waals surface area contributed by atoms with Gasteiger partial charge in [-0.2, -0.15) is 0 Å². The van der Waals surface area contributed by atoms with Crippen LogP contribution in [0.2, 0.25) is 0 Å². The minimum absolute atomic E-state index is 0.00433. The Morgan fingerprint density at radius 3 is 2.33 bits per heavy atom. The van der Waals surface area contributed by atoms with Gasteiger partial charge in [0, 0.05) is 6.04 Å². The van der Waals surface area contributed by atoms with Crippen molar-refractivity contribution in [1.29, 1.82) is 0 Å². The minimum atomic E-state index is -0.589. The first kappa shape index (κ1) is 19.0. The molecular weight excluding hydrogens is 342 g/mol. The van der Waals surface area contributed by atoms with E-state index in [9.17, 15) is 9.59 Å². The van der Waals surface area contributed by atoms with E-state index in [4.69, 9.17) is 9.47 Å². The minimum Gasteiger partial charge on any atom is -0.497 e. The first-order chi connectivity index (χ1) is 13.0. The van der Waals surface area contributed by atoms with E-state index < -0.39 is 12.0 Å². The van der Waals surface area contributed by atoms with Crippen molar-refractivity contribution in [3.63, 3.8) is 0 Å². The average Bonchev–Trinajstić information content (AvgIpc) is 2.81. The number of rotatable bonds is 4. The molecule has 0 N–H and O–H groups in total. The van der Waals surface area contributed by atoms with E-state index >= 15 is 0 Å². The second-order valence-corrected chi connectivity index (χ2v) is 6.99. The number of nitrogens with zero attached hydrogens (tertiary/aromatic N) is 1. The Kier molecular flexibility index (Phi) is 5.49. The van der Waals surface area contributed by atoms with E-state index in [-0.39, 0.29) is 24.3 Å². The van der Waals surface area contributed by atoms with Crippen LogP contribution in [0.5, 0.6) is 5.75 Å². The van der Waals surface area contributed by atoms with Gasteiger partial charge in [0.2, 0.25) is 5.91 Å². The van der Waals surface area contributed by atoms with Crippen LogP contribution < -0.4 is 4.74 Å². The molecule has 3 rings (SSSR count). The molecule has 0 spiro atoms. The second kappa shape index (κ2) is 7.82. The van der Waals surface area contributed by atoms with Crippen LogP contribution in [0.25, 0.3) is 0 Å². The molecule has 5 heteroatoms. The number of hydrogen-bond acceptors (Lipinski definition) is 4. The summed E-state index contributed by atoms with van der Waals surface area (Å²) in [6, 6.07) is 14.6. The maximum absolute atomic E-state index is 13.1. The van der Waals surface area contributed by atoms with Crippen LogP contribution >= 0.6 is 0 Å². The van der Waals surface area contributed by atoms with E-state index in [0.717, 1.165) is 22.4 Å². The van der Waals surface area contributed by atoms with Crippen molar-refractivity contribution in [3.8, 4) is 5.75 Å². The van der Waals surface area contributed by atoms with Gasteiger partial charge in [0.1, 0.15) is 11.7 Å². The largest absolute Gasteiger partial charge is 0.497 e. The highest BCUT2D eigenvalue weighted by molar-refractivity contribution is 5.87. The third-order valence-electron chi connectivity index (χ3n) is 5.10. The van der Waals surface area contributed by atoms with Gasteiger partial charge in [-0.25, -0.2) is 0 Å². The molecule has 0 aromatic heterocycles. The van der Waals surface area contributed by atoms with Crippen molar-refractivity contribution >= 4 is 11.9 Å². The molecule has 1 amide bonds. The van der Waals surface area contributed by atoms with Crippen molar-refractivity contribution in [2.24, 2.45) is 0 Å². The highest BCUT2D eigenvalue weighted by Gasteiger charge is 2.42. The Bertz CT molecular complexity index is 828. The monoisotopic (exact) mass is 367 g/mol. The Balaban J connectivity index is 2.23. The molecule has 5 nitrogen and oxygen atoms in total. The van der Waals surface area contributed by atoms with Gasteiger partial charge in [0.25, 0.3) is 0 Å². The number of carbonyl (C=O) groups excluding carboxylic acids is 2. The number of esters is 1. The molecule has 0 fully saturated rings. The fraction of sp³-hybridized carbons (Fsp3) is 0.364. The quantitative estimate of drug-likeness (QED) is 0.777. The Morgan fingerprint density at radius 2 is 1.74 bits per heavy atom. The van der Waals surface area contributed by atoms with Gasteiger partial charge in [-0.3, -0.25) is 9.59 Å². The molecule has 2 aromatic carbocycles. The predicted molar refractivity (Wildman–Crippen MR) is 103 cm³/mol. The Morgan fingerprint density at radius 1 is 1.07 bits per heavy atom. The summed E-state index contributed by atoms with van der Waals surface area (Å²) < 4.78 is 10.4. The van der Waals surface area contributed by atoms with Crippen molar-refractivity contribution in [2.45, 2.75) is 38.3 Å². The number of fused-ring (bicyclic) bond motifs is 1. The van der Waals surface area contributed by atoms with Gasteiger partial charge in [-0.1, -0.05) is 36.4 Å². The van der Waals surface area contributed by atoms with Crippen LogP contribution in [-0.2, 0) is 20.7 Å². The molecule has 0 saturated carbocycles. The van der Waals surface area contributed by atoms with Gasteiger partial charge < -0.3 is 14.4 Å². The summed E-state index contributed by atoms with van der Waals surface area (Å²) in [6.07, 6.45) is 0.272. The van der Waals surface area contributed by atoms with Crippen LogP contribution in [0, 0.1) is 0 Å². The van der Waals surface area contributed by atoms with Crippen LogP contribution in [-0.4, -0.2) is 37.0 Å². The molecule has 2 atom stereocenters. The molecule has 0 radical (unpaired) electrons. The first-order valence-corrected chi connectivity index (χ1v) is 9.08. The van der Waals surface area contributed by atoms with E-state index in [0.29, 0.717) is 0 Å². The van der Waals surface area contributed by atoms with Crippen LogP contribution in [0.3, 0.4) is 0 Å². The molecule has 1 aliphatic heterocycles. The number of amides is 1. The van der Waals surface area contributed by atoms with Gasteiger partial charge in [-0.05, 0) is 42.7 Å². The summed E-state index contributed by atoms with van der Waals surface area (Å²) in [6.45, 7) is 3.94. The summed E-state index contributed by atoms with van der Waals surface area (Å²) in [7, 11) is 3.00. The summed E-state index contributed by atoms with van der Waals surface area (Å²) in [4.78, 5) is 27.8. The summed E-state index contributed by atoms with van der Waals surface area (Å²) in [5.74, 6) is -0.202. The standard InChI is InChI=1S/C22H25NO4/c1-14(2)23-19(24)13-16-7-5-6-8-18(16)20(22(25)27-4)21(23)15-9-11-17(26-3)12-10-15/h5-12,14,20-21H,13H2,1-4H3/t20-,21+/m0/s1. The third kappa shape index (κ3) is 3.54. The summed E-state index contributed by atoms with van der Waals surface area (Å²) >= 11 is 0. The zero-order chi connectivity index (χ0) is 19.6. The number of hydrogen-bond donors (Lipinski definition) is 0. The highest BCUT2D eigenvalue weighted by atomic mass is 16.5. The third-order valence-corrected chi connectivity index (χ3v) is 5.10. The van der Waals surface area contributed by atoms with Crippen molar-refractivity contribution in [1.82, 2.24) is 4.90 Å². The van der Waals surface area contributed by atoms with Crippen molar-refractivity contribution in [3.05, 3.63) is 65.2 Å². The lowest BCUT2D eigenvalue weighted by Crippen LogP contribution is -2.43. The maximum Gasteiger partial charge on any atom is 0.315 e. The molecule has 27 heavy (non-hydrogen) atoms. The number of benzene rings is 2. The molecule has 1 heterocycles. The molecule has 142 valence electrons. The predicted octanol–water partition coefficient (Wildman–Crippen LogP) is 3.49. The van der Waals surface area contributed by atoms with E-state index in [1.54, 1.807) is 7.11 Å². The lowest BCUT2D eigenvalue weighted by atomic mass is 9.84. The molecule has 0 bridgehead atoms. The SMILES string of the molecule is COC(=O)[C@H]1c2ccccc2CC(=O)N(C(C)C)[C@@H]1c1ccc(OC)cc1. The fourth-order valence-electron chi connectivity index (χ4n) is 3.88. The number of ether oxygens (including phenoxy) is 2. The molecule has 1 aliphatic rings. The van der Waals surface area contributed by atoms with E-state index in [2.05, 4.69) is 0 Å². The topological polar surface area (TPSA) is 55.8 Å². The molecule has 0 saturated heterocycles. The lowest BCUT2D eigenvalue weighted by molar-refractivity contribution is -0.146. The van der Waals surface area contributed by atoms with Gasteiger partial charge in [0.05, 0.1) is 26.7 Å². The smallest absolute Gasteiger partial charge is 0.315 e. The van der Waals surface area contributed by atoms with Gasteiger partial charge in [0.15, 0.2) is 0 Å². The zero-order valence-electron chi connectivity index (χ0n) is 16.1. The Hall–Kier alpha value is -2.82. The van der Waals surface area contributed by atoms with Gasteiger partial charge >= 0.3 is 5.97 Å². The summed E-state index contributed by atoms with van der Waals surface area (Å²) in [5.41, 5.74) is 2.60. The lowest BCUT2D eigenvalue weighted by Gasteiger charge is -2.37. The van der Waals surface area contributed by atoms with Crippen molar-refractivity contribution in [2.75, 3.05) is 14.2 Å². The zero-order valence-corrected chi connectivity index (χ0v) is 16.1. The van der Waals surface area contributed by atoms with Crippen LogP contribution in [0.1, 0.15) is 42.5 Å². The normalized spacial score (nSPS) is 19.4. The van der Waals surface area contributed by atoms with E-state index in [1.807, 2.05) is 67.3 Å². The van der Waals surface area contributed by atoms with Crippen molar-refractivity contribution < 1.29 is 19.1 Å². The number of carbonyl (C=O) groups is 2. The molecule has 0 unspecified atom stereocenters. The maximum atomic E-state index is 13.1. The first-order valence-electron chi connectivity index (χ1n) is 9.08. The molecular formula is C22H25NO4. The summed E-state index contributed by atoms with van der Waals surface area (Å²) in [5, 5.41) is 0. The average molecular weight is 367 g/mol. The molecule has 0 aliphatic carbocycles. The Labute approximate surface area is 159 Å². The second-order valence-electron chi connectivity index (χ2n) is 6.99. The van der Waals surface area contributed by atoms with Crippen LogP contribution in [0.4, 0.5) is 0 Å². The van der Waals surface area contributed by atoms with Gasteiger partial charge in [-0.15, -0.1) is 0 Å². The highest BCUT2D eigenvalue weighted by Crippen LogP contribution is 2.42. The number of methoxy groups -OCH3 is 2. The van der Waals surface area contributed by atoms with Crippen LogP contribution in [0.15, 0.2) is 48.5 Å². The fourth-order valence-corrected chi connectivity index (χ4v) is 3.88. The molecule has 2 aromatic rings.